The number of anilines is 1. The molecule has 0 aliphatic carbocycles. The standard InChI is InChI=1S/C19H23FN2O3S/c1-14(2)16-6-10-18(11-7-16)21-19(23)13-22(26(3,24)25)12-15-4-8-17(20)9-5-15/h4-11,14H,12-13H2,1-3H3,(H,21,23). The lowest BCUT2D eigenvalue weighted by molar-refractivity contribution is -0.116. The van der Waals surface area contributed by atoms with E-state index in [1.165, 1.54) is 24.3 Å². The maximum atomic E-state index is 13.0. The number of nitrogens with one attached hydrogen (secondary N) is 1. The van der Waals surface area contributed by atoms with E-state index in [1.807, 2.05) is 12.1 Å². The molecule has 0 radical (unpaired) electrons. The summed E-state index contributed by atoms with van der Waals surface area (Å²) in [5.41, 5.74) is 2.36. The fraction of sp³-hybridized carbons (Fsp3) is 0.316. The molecule has 1 N–H and O–H groups in total. The van der Waals surface area contributed by atoms with E-state index in [0.717, 1.165) is 16.1 Å². The lowest BCUT2D eigenvalue weighted by atomic mass is 10.0. The highest BCUT2D eigenvalue weighted by Gasteiger charge is 2.20. The quantitative estimate of drug-likeness (QED) is 0.803. The Hall–Kier alpha value is -2.25. The van der Waals surface area contributed by atoms with Gasteiger partial charge in [-0.15, -0.1) is 0 Å². The fourth-order valence-electron chi connectivity index (χ4n) is 2.40. The molecule has 7 heteroatoms. The van der Waals surface area contributed by atoms with Gasteiger partial charge in [0.2, 0.25) is 15.9 Å². The largest absolute Gasteiger partial charge is 0.325 e. The van der Waals surface area contributed by atoms with Crippen LogP contribution in [0, 0.1) is 5.82 Å². The normalized spacial score (nSPS) is 11.8. The molecule has 2 rings (SSSR count). The summed E-state index contributed by atoms with van der Waals surface area (Å²) in [6.07, 6.45) is 1.04. The first kappa shape index (κ1) is 20.1. The van der Waals surface area contributed by atoms with Crippen LogP contribution in [0.25, 0.3) is 0 Å². The van der Waals surface area contributed by atoms with Crippen LogP contribution in [0.15, 0.2) is 48.5 Å². The van der Waals surface area contributed by atoms with Crippen molar-refractivity contribution in [2.75, 3.05) is 18.1 Å². The minimum absolute atomic E-state index is 0.00117. The van der Waals surface area contributed by atoms with Crippen molar-refractivity contribution in [3.8, 4) is 0 Å². The summed E-state index contributed by atoms with van der Waals surface area (Å²) >= 11 is 0. The van der Waals surface area contributed by atoms with Crippen LogP contribution in [0.2, 0.25) is 0 Å². The number of sulfonamides is 1. The van der Waals surface area contributed by atoms with Gasteiger partial charge in [-0.3, -0.25) is 4.79 Å². The molecular formula is C19H23FN2O3S. The molecule has 0 spiro atoms. The van der Waals surface area contributed by atoms with E-state index in [4.69, 9.17) is 0 Å². The van der Waals surface area contributed by atoms with E-state index >= 15 is 0 Å². The Bertz CT molecular complexity index is 847. The van der Waals surface area contributed by atoms with Gasteiger partial charge in [-0.25, -0.2) is 12.8 Å². The number of carbonyl (C=O) groups is 1. The zero-order chi connectivity index (χ0) is 19.3. The van der Waals surface area contributed by atoms with Crippen LogP contribution in [0.1, 0.15) is 30.9 Å². The van der Waals surface area contributed by atoms with Gasteiger partial charge < -0.3 is 5.32 Å². The zero-order valence-corrected chi connectivity index (χ0v) is 15.9. The molecule has 2 aromatic carbocycles. The zero-order valence-electron chi connectivity index (χ0n) is 15.1. The average molecular weight is 378 g/mol. The monoisotopic (exact) mass is 378 g/mol. The number of carbonyl (C=O) groups excluding carboxylic acids is 1. The van der Waals surface area contributed by atoms with E-state index in [0.29, 0.717) is 17.2 Å². The van der Waals surface area contributed by atoms with Crippen molar-refractivity contribution < 1.29 is 17.6 Å². The SMILES string of the molecule is CC(C)c1ccc(NC(=O)CN(Cc2ccc(F)cc2)S(C)(=O)=O)cc1. The lowest BCUT2D eigenvalue weighted by Gasteiger charge is -2.19. The number of benzene rings is 2. The molecule has 0 saturated carbocycles. The molecule has 0 saturated heterocycles. The van der Waals surface area contributed by atoms with E-state index in [2.05, 4.69) is 19.2 Å². The number of hydrogen-bond donors (Lipinski definition) is 1. The number of hydrogen-bond acceptors (Lipinski definition) is 3. The maximum absolute atomic E-state index is 13.0. The van der Waals surface area contributed by atoms with E-state index < -0.39 is 21.7 Å². The molecular weight excluding hydrogens is 355 g/mol. The minimum Gasteiger partial charge on any atom is -0.325 e. The summed E-state index contributed by atoms with van der Waals surface area (Å²) in [7, 11) is -3.60. The summed E-state index contributed by atoms with van der Waals surface area (Å²) in [4.78, 5) is 12.3. The second kappa shape index (κ2) is 8.42. The number of rotatable bonds is 7. The Labute approximate surface area is 153 Å². The van der Waals surface area contributed by atoms with Gasteiger partial charge in [-0.1, -0.05) is 38.1 Å². The molecule has 0 heterocycles. The molecule has 0 aliphatic heterocycles. The molecule has 0 bridgehead atoms. The van der Waals surface area contributed by atoms with Gasteiger partial charge in [0.1, 0.15) is 5.82 Å². The smallest absolute Gasteiger partial charge is 0.239 e. The van der Waals surface area contributed by atoms with Crippen LogP contribution in [0.5, 0.6) is 0 Å². The van der Waals surface area contributed by atoms with Crippen molar-refractivity contribution in [3.63, 3.8) is 0 Å². The Morgan fingerprint density at radius 1 is 1.08 bits per heavy atom. The van der Waals surface area contributed by atoms with Crippen LogP contribution in [0.4, 0.5) is 10.1 Å². The Kier molecular flexibility index (Phi) is 6.50. The summed E-state index contributed by atoms with van der Waals surface area (Å²) in [5.74, 6) is -0.451. The van der Waals surface area contributed by atoms with Crippen LogP contribution in [-0.2, 0) is 21.4 Å². The van der Waals surface area contributed by atoms with E-state index in [1.54, 1.807) is 12.1 Å². The molecule has 26 heavy (non-hydrogen) atoms. The Balaban J connectivity index is 2.05. The topological polar surface area (TPSA) is 66.5 Å². The van der Waals surface area contributed by atoms with Crippen molar-refractivity contribution in [1.29, 1.82) is 0 Å². The van der Waals surface area contributed by atoms with Crippen LogP contribution in [0.3, 0.4) is 0 Å². The van der Waals surface area contributed by atoms with Gasteiger partial charge in [0.05, 0.1) is 12.8 Å². The first-order valence-electron chi connectivity index (χ1n) is 8.24. The van der Waals surface area contributed by atoms with Gasteiger partial charge in [-0.05, 0) is 41.3 Å². The third-order valence-electron chi connectivity index (χ3n) is 3.92. The van der Waals surface area contributed by atoms with Gasteiger partial charge in [0.25, 0.3) is 0 Å². The summed E-state index contributed by atoms with van der Waals surface area (Å²) in [5, 5.41) is 2.70. The van der Waals surface area contributed by atoms with Crippen LogP contribution in [-0.4, -0.2) is 31.4 Å². The third-order valence-corrected chi connectivity index (χ3v) is 5.12. The molecule has 0 unspecified atom stereocenters. The summed E-state index contributed by atoms with van der Waals surface area (Å²) in [6.45, 7) is 3.83. The molecule has 5 nitrogen and oxygen atoms in total. The highest BCUT2D eigenvalue weighted by Crippen LogP contribution is 2.17. The van der Waals surface area contributed by atoms with Gasteiger partial charge in [-0.2, -0.15) is 4.31 Å². The lowest BCUT2D eigenvalue weighted by Crippen LogP contribution is -2.36. The molecule has 0 aromatic heterocycles. The highest BCUT2D eigenvalue weighted by atomic mass is 32.2. The van der Waals surface area contributed by atoms with E-state index in [9.17, 15) is 17.6 Å². The van der Waals surface area contributed by atoms with Crippen molar-refractivity contribution in [1.82, 2.24) is 4.31 Å². The molecule has 0 atom stereocenters. The molecule has 0 aliphatic rings. The number of amides is 1. The fourth-order valence-corrected chi connectivity index (χ4v) is 3.13. The summed E-state index contributed by atoms with van der Waals surface area (Å²) < 4.78 is 38.0. The van der Waals surface area contributed by atoms with Crippen molar-refractivity contribution in [3.05, 3.63) is 65.5 Å². The van der Waals surface area contributed by atoms with Crippen LogP contribution < -0.4 is 5.32 Å². The van der Waals surface area contributed by atoms with Gasteiger partial charge >= 0.3 is 0 Å². The van der Waals surface area contributed by atoms with Crippen LogP contribution >= 0.6 is 0 Å². The second-order valence-electron chi connectivity index (χ2n) is 6.48. The molecule has 2 aromatic rings. The van der Waals surface area contributed by atoms with Crippen molar-refractivity contribution in [2.24, 2.45) is 0 Å². The number of halogens is 1. The Morgan fingerprint density at radius 2 is 1.65 bits per heavy atom. The van der Waals surface area contributed by atoms with Gasteiger partial charge in [0.15, 0.2) is 0 Å². The number of nitrogens with zero attached hydrogens (tertiary/aromatic N) is 1. The predicted molar refractivity (Wildman–Crippen MR) is 101 cm³/mol. The average Bonchev–Trinajstić information content (AvgIpc) is 2.56. The third kappa shape index (κ3) is 5.93. The minimum atomic E-state index is -3.60. The van der Waals surface area contributed by atoms with Gasteiger partial charge in [0, 0.05) is 12.2 Å². The summed E-state index contributed by atoms with van der Waals surface area (Å²) in [6, 6.07) is 12.9. The molecule has 1 amide bonds. The van der Waals surface area contributed by atoms with Crippen molar-refractivity contribution >= 4 is 21.6 Å². The van der Waals surface area contributed by atoms with Crippen molar-refractivity contribution in [2.45, 2.75) is 26.3 Å². The first-order valence-corrected chi connectivity index (χ1v) is 10.1. The maximum Gasteiger partial charge on any atom is 0.239 e. The Morgan fingerprint density at radius 3 is 2.15 bits per heavy atom. The molecule has 0 fully saturated rings. The predicted octanol–water partition coefficient (Wildman–Crippen LogP) is 3.35. The first-order chi connectivity index (χ1) is 12.1. The second-order valence-corrected chi connectivity index (χ2v) is 8.46. The highest BCUT2D eigenvalue weighted by molar-refractivity contribution is 7.88. The molecule has 140 valence electrons. The van der Waals surface area contributed by atoms with E-state index in [-0.39, 0.29) is 13.1 Å².